The van der Waals surface area contributed by atoms with Crippen LogP contribution in [0.3, 0.4) is 0 Å². The highest BCUT2D eigenvalue weighted by atomic mass is 79.9. The molecular formula is C17H13BrFNO. The van der Waals surface area contributed by atoms with Crippen molar-refractivity contribution in [1.82, 2.24) is 4.57 Å². The van der Waals surface area contributed by atoms with E-state index in [4.69, 9.17) is 0 Å². The van der Waals surface area contributed by atoms with E-state index in [1.54, 1.807) is 0 Å². The summed E-state index contributed by atoms with van der Waals surface area (Å²) in [5.41, 5.74) is 3.24. The van der Waals surface area contributed by atoms with Crippen LogP contribution in [-0.4, -0.2) is 10.4 Å². The van der Waals surface area contributed by atoms with E-state index in [0.29, 0.717) is 15.6 Å². The number of benzene rings is 2. The number of rotatable bonds is 2. The number of aromatic nitrogens is 1. The summed E-state index contributed by atoms with van der Waals surface area (Å²) in [6.45, 7) is 2.02. The molecule has 2 aromatic carbocycles. The van der Waals surface area contributed by atoms with Crippen LogP contribution in [0.1, 0.15) is 21.5 Å². The Balaban J connectivity index is 2.18. The maximum atomic E-state index is 13.2. The second-order valence-electron chi connectivity index (χ2n) is 5.13. The van der Waals surface area contributed by atoms with Gasteiger partial charge >= 0.3 is 0 Å². The van der Waals surface area contributed by atoms with Gasteiger partial charge in [-0.15, -0.1) is 0 Å². The Morgan fingerprint density at radius 2 is 1.90 bits per heavy atom. The zero-order valence-corrected chi connectivity index (χ0v) is 13.2. The number of hydrogen-bond donors (Lipinski definition) is 0. The van der Waals surface area contributed by atoms with E-state index in [9.17, 15) is 9.18 Å². The first kappa shape index (κ1) is 14.0. The van der Waals surface area contributed by atoms with Crippen molar-refractivity contribution in [2.45, 2.75) is 6.92 Å². The smallest absolute Gasteiger partial charge is 0.196 e. The van der Waals surface area contributed by atoms with Crippen molar-refractivity contribution in [3.8, 4) is 0 Å². The Morgan fingerprint density at radius 3 is 2.62 bits per heavy atom. The van der Waals surface area contributed by atoms with Crippen LogP contribution in [0.25, 0.3) is 10.9 Å². The number of ketones is 1. The van der Waals surface area contributed by atoms with Gasteiger partial charge in [-0.2, -0.15) is 0 Å². The molecule has 0 atom stereocenters. The van der Waals surface area contributed by atoms with E-state index in [-0.39, 0.29) is 11.6 Å². The van der Waals surface area contributed by atoms with Crippen LogP contribution < -0.4 is 0 Å². The summed E-state index contributed by atoms with van der Waals surface area (Å²) in [5.74, 6) is -0.483. The molecule has 0 N–H and O–H groups in total. The number of carbonyl (C=O) groups excluding carboxylic acids is 1. The molecule has 0 amide bonds. The van der Waals surface area contributed by atoms with Gasteiger partial charge in [0.1, 0.15) is 5.82 Å². The van der Waals surface area contributed by atoms with Gasteiger partial charge in [0.05, 0.1) is 0 Å². The van der Waals surface area contributed by atoms with Gasteiger partial charge in [0.15, 0.2) is 5.78 Å². The Hall–Kier alpha value is -1.94. The van der Waals surface area contributed by atoms with Gasteiger partial charge in [-0.25, -0.2) is 4.39 Å². The molecule has 21 heavy (non-hydrogen) atoms. The maximum absolute atomic E-state index is 13.2. The summed E-state index contributed by atoms with van der Waals surface area (Å²) < 4.78 is 15.6. The van der Waals surface area contributed by atoms with Crippen molar-refractivity contribution < 1.29 is 9.18 Å². The molecule has 0 spiro atoms. The highest BCUT2D eigenvalue weighted by Crippen LogP contribution is 2.27. The topological polar surface area (TPSA) is 22.0 Å². The predicted octanol–water partition coefficient (Wildman–Crippen LogP) is 4.62. The van der Waals surface area contributed by atoms with Gasteiger partial charge in [-0.3, -0.25) is 4.79 Å². The molecule has 3 aromatic rings. The molecule has 2 nitrogen and oxygen atoms in total. The number of fused-ring (bicyclic) bond motifs is 1. The van der Waals surface area contributed by atoms with E-state index in [1.165, 1.54) is 18.2 Å². The average molecular weight is 346 g/mol. The van der Waals surface area contributed by atoms with Gasteiger partial charge in [-0.1, -0.05) is 12.1 Å². The van der Waals surface area contributed by atoms with Crippen LogP contribution in [0.15, 0.2) is 47.1 Å². The van der Waals surface area contributed by atoms with E-state index in [2.05, 4.69) is 15.9 Å². The highest BCUT2D eigenvalue weighted by molar-refractivity contribution is 9.10. The minimum Gasteiger partial charge on any atom is -0.350 e. The predicted molar refractivity (Wildman–Crippen MR) is 85.2 cm³/mol. The number of nitrogens with zero attached hydrogens (tertiary/aromatic N) is 1. The minimum atomic E-state index is -0.369. The van der Waals surface area contributed by atoms with Crippen LogP contribution in [0.5, 0.6) is 0 Å². The van der Waals surface area contributed by atoms with Crippen LogP contribution in [-0.2, 0) is 7.05 Å². The lowest BCUT2D eigenvalue weighted by atomic mass is 10.0. The maximum Gasteiger partial charge on any atom is 0.196 e. The Morgan fingerprint density at radius 1 is 1.14 bits per heavy atom. The summed E-state index contributed by atoms with van der Waals surface area (Å²) in [4.78, 5) is 12.7. The van der Waals surface area contributed by atoms with Gasteiger partial charge in [0.25, 0.3) is 0 Å². The zero-order chi connectivity index (χ0) is 15.1. The number of hydrogen-bond acceptors (Lipinski definition) is 1. The molecule has 106 valence electrons. The third-order valence-corrected chi connectivity index (χ3v) is 4.22. The normalized spacial score (nSPS) is 11.0. The molecule has 1 heterocycles. The molecule has 0 saturated heterocycles. The van der Waals surface area contributed by atoms with E-state index in [1.807, 2.05) is 42.9 Å². The number of halogens is 2. The van der Waals surface area contributed by atoms with Gasteiger partial charge in [0.2, 0.25) is 0 Å². The minimum absolute atomic E-state index is 0.115. The molecule has 1 aromatic heterocycles. The molecule has 4 heteroatoms. The van der Waals surface area contributed by atoms with Crippen LogP contribution in [0.4, 0.5) is 4.39 Å². The first-order chi connectivity index (χ1) is 9.97. The highest BCUT2D eigenvalue weighted by Gasteiger charge is 2.18. The third-order valence-electron chi connectivity index (χ3n) is 3.57. The number of carbonyl (C=O) groups is 1. The zero-order valence-electron chi connectivity index (χ0n) is 11.7. The van der Waals surface area contributed by atoms with Crippen LogP contribution >= 0.6 is 15.9 Å². The second kappa shape index (κ2) is 5.11. The summed E-state index contributed by atoms with van der Waals surface area (Å²) in [6, 6.07) is 10.1. The Kier molecular flexibility index (Phi) is 3.41. The summed E-state index contributed by atoms with van der Waals surface area (Å²) >= 11 is 3.26. The summed E-state index contributed by atoms with van der Waals surface area (Å²) in [7, 11) is 1.91. The average Bonchev–Trinajstić information content (AvgIpc) is 2.75. The summed E-state index contributed by atoms with van der Waals surface area (Å²) in [5, 5.41) is 0.907. The first-order valence-corrected chi connectivity index (χ1v) is 7.32. The lowest BCUT2D eigenvalue weighted by Crippen LogP contribution is -2.02. The monoisotopic (exact) mass is 345 g/mol. The Bertz CT molecular complexity index is 867. The molecular weight excluding hydrogens is 333 g/mol. The van der Waals surface area contributed by atoms with Crippen molar-refractivity contribution in [3.05, 3.63) is 69.6 Å². The molecule has 0 bridgehead atoms. The van der Waals surface area contributed by atoms with Crippen molar-refractivity contribution in [2.24, 2.45) is 7.05 Å². The molecule has 0 aliphatic carbocycles. The fraction of sp³-hybridized carbons (Fsp3) is 0.118. The molecule has 0 fully saturated rings. The molecule has 0 aliphatic rings. The lowest BCUT2D eigenvalue weighted by Gasteiger charge is -2.03. The van der Waals surface area contributed by atoms with E-state index in [0.717, 1.165) is 16.5 Å². The van der Waals surface area contributed by atoms with Crippen molar-refractivity contribution in [1.29, 1.82) is 0 Å². The van der Waals surface area contributed by atoms with E-state index < -0.39 is 0 Å². The van der Waals surface area contributed by atoms with Gasteiger partial charge in [0, 0.05) is 39.7 Å². The summed E-state index contributed by atoms with van der Waals surface area (Å²) in [6.07, 6.45) is 1.82. The molecule has 0 aliphatic heterocycles. The fourth-order valence-electron chi connectivity index (χ4n) is 2.49. The third kappa shape index (κ3) is 2.40. The molecule has 3 rings (SSSR count). The van der Waals surface area contributed by atoms with Crippen LogP contribution in [0.2, 0.25) is 0 Å². The van der Waals surface area contributed by atoms with Gasteiger partial charge < -0.3 is 4.57 Å². The standard InChI is InChI=1S/C17H13BrFNO/c1-10-3-5-12-14(9-20(2)16(12)7-10)17(21)13-6-4-11(19)8-15(13)18/h3-9H,1-2H3. The van der Waals surface area contributed by atoms with Crippen molar-refractivity contribution in [3.63, 3.8) is 0 Å². The Labute approximate surface area is 130 Å². The second-order valence-corrected chi connectivity index (χ2v) is 5.98. The lowest BCUT2D eigenvalue weighted by molar-refractivity contribution is 0.103. The van der Waals surface area contributed by atoms with Crippen LogP contribution in [0, 0.1) is 12.7 Å². The van der Waals surface area contributed by atoms with Crippen molar-refractivity contribution in [2.75, 3.05) is 0 Å². The fourth-order valence-corrected chi connectivity index (χ4v) is 3.02. The van der Waals surface area contributed by atoms with Gasteiger partial charge in [-0.05, 0) is 52.7 Å². The molecule has 0 saturated carbocycles. The first-order valence-electron chi connectivity index (χ1n) is 6.53. The quantitative estimate of drug-likeness (QED) is 0.621. The molecule has 0 unspecified atom stereocenters. The largest absolute Gasteiger partial charge is 0.350 e. The molecule has 0 radical (unpaired) electrons. The SMILES string of the molecule is Cc1ccc2c(C(=O)c3ccc(F)cc3Br)cn(C)c2c1. The van der Waals surface area contributed by atoms with Crippen molar-refractivity contribution >= 4 is 32.6 Å². The van der Waals surface area contributed by atoms with E-state index >= 15 is 0 Å². The number of aryl methyl sites for hydroxylation is 2.